The molecule has 1 aromatic rings. The average Bonchev–Trinajstić information content (AvgIpc) is 2.87. The highest BCUT2D eigenvalue weighted by Crippen LogP contribution is 2.32. The Bertz CT molecular complexity index is 820. The first-order valence-electron chi connectivity index (χ1n) is 11.8. The van der Waals surface area contributed by atoms with Gasteiger partial charge in [0.25, 0.3) is 0 Å². The SMILES string of the molecule is CO[C@@]1(CO)C[C@H](O)[C@@H](NC(=O)[C@H](CC(C)C)NC(=O)OCc2ccccc2)[C@H]([C@H](O)[C@H](O)CO)O1. The third-order valence-electron chi connectivity index (χ3n) is 6.01. The summed E-state index contributed by atoms with van der Waals surface area (Å²) in [6.45, 7) is 2.22. The second-order valence-electron chi connectivity index (χ2n) is 9.29. The fraction of sp³-hybridized carbons (Fsp3) is 0.667. The minimum absolute atomic E-state index is 0.00386. The van der Waals surface area contributed by atoms with Crippen molar-refractivity contribution < 1.29 is 49.3 Å². The molecule has 1 saturated heterocycles. The molecular formula is C24H38N2O10. The van der Waals surface area contributed by atoms with Gasteiger partial charge in [-0.25, -0.2) is 4.79 Å². The summed E-state index contributed by atoms with van der Waals surface area (Å²) >= 11 is 0. The molecule has 1 aliphatic rings. The van der Waals surface area contributed by atoms with Gasteiger partial charge in [0.05, 0.1) is 25.4 Å². The molecule has 0 aliphatic carbocycles. The summed E-state index contributed by atoms with van der Waals surface area (Å²) < 4.78 is 16.1. The molecule has 7 atom stereocenters. The van der Waals surface area contributed by atoms with Gasteiger partial charge in [0.1, 0.15) is 31.0 Å². The van der Waals surface area contributed by atoms with Crippen LogP contribution in [-0.2, 0) is 25.6 Å². The predicted octanol–water partition coefficient (Wildman–Crippen LogP) is -0.989. The summed E-state index contributed by atoms with van der Waals surface area (Å²) in [6, 6.07) is 6.70. The third-order valence-corrected chi connectivity index (χ3v) is 6.01. The first-order valence-corrected chi connectivity index (χ1v) is 11.8. The Morgan fingerprint density at radius 3 is 2.42 bits per heavy atom. The maximum absolute atomic E-state index is 13.2. The smallest absolute Gasteiger partial charge is 0.408 e. The van der Waals surface area contributed by atoms with Crippen molar-refractivity contribution in [1.29, 1.82) is 0 Å². The van der Waals surface area contributed by atoms with Gasteiger partial charge >= 0.3 is 6.09 Å². The molecule has 0 spiro atoms. The molecule has 0 radical (unpaired) electrons. The number of carbonyl (C=O) groups is 2. The van der Waals surface area contributed by atoms with E-state index in [0.29, 0.717) is 0 Å². The summed E-state index contributed by atoms with van der Waals surface area (Å²) in [4.78, 5) is 25.6. The second kappa shape index (κ2) is 13.8. The first kappa shape index (κ1) is 29.9. The lowest BCUT2D eigenvalue weighted by atomic mass is 9.88. The Morgan fingerprint density at radius 2 is 1.86 bits per heavy atom. The summed E-state index contributed by atoms with van der Waals surface area (Å²) in [5.74, 6) is -2.38. The summed E-state index contributed by atoms with van der Waals surface area (Å²) in [5.41, 5.74) is 0.768. The number of hydrogen-bond donors (Lipinski definition) is 7. The van der Waals surface area contributed by atoms with Gasteiger partial charge in [-0.15, -0.1) is 0 Å². The molecule has 12 heteroatoms. The van der Waals surface area contributed by atoms with Gasteiger partial charge in [-0.2, -0.15) is 0 Å². The Labute approximate surface area is 210 Å². The van der Waals surface area contributed by atoms with Crippen LogP contribution in [0.4, 0.5) is 4.79 Å². The van der Waals surface area contributed by atoms with E-state index in [4.69, 9.17) is 14.2 Å². The highest BCUT2D eigenvalue weighted by molar-refractivity contribution is 5.86. The minimum atomic E-state index is -1.75. The molecule has 1 fully saturated rings. The number of amides is 2. The van der Waals surface area contributed by atoms with E-state index < -0.39 is 67.5 Å². The number of alkyl carbamates (subject to hydrolysis) is 1. The topological polar surface area (TPSA) is 187 Å². The lowest BCUT2D eigenvalue weighted by Gasteiger charge is -2.47. The molecule has 1 aliphatic heterocycles. The highest BCUT2D eigenvalue weighted by atomic mass is 16.7. The van der Waals surface area contributed by atoms with E-state index in [1.54, 1.807) is 24.3 Å². The van der Waals surface area contributed by atoms with Crippen LogP contribution in [0.15, 0.2) is 30.3 Å². The van der Waals surface area contributed by atoms with Gasteiger partial charge in [-0.05, 0) is 17.9 Å². The lowest BCUT2D eigenvalue weighted by molar-refractivity contribution is -0.322. The van der Waals surface area contributed by atoms with Crippen molar-refractivity contribution in [3.05, 3.63) is 35.9 Å². The molecule has 204 valence electrons. The number of nitrogens with one attached hydrogen (secondary N) is 2. The van der Waals surface area contributed by atoms with Crippen molar-refractivity contribution >= 4 is 12.0 Å². The molecule has 2 rings (SSSR count). The van der Waals surface area contributed by atoms with Crippen LogP contribution in [0.5, 0.6) is 0 Å². The quantitative estimate of drug-likeness (QED) is 0.183. The fourth-order valence-electron chi connectivity index (χ4n) is 3.99. The molecule has 1 aromatic carbocycles. The van der Waals surface area contributed by atoms with Crippen LogP contribution >= 0.6 is 0 Å². The molecule has 36 heavy (non-hydrogen) atoms. The largest absolute Gasteiger partial charge is 0.445 e. The van der Waals surface area contributed by atoms with E-state index in [-0.39, 0.29) is 25.4 Å². The molecular weight excluding hydrogens is 476 g/mol. The summed E-state index contributed by atoms with van der Waals surface area (Å²) in [5, 5.41) is 55.4. The number of aliphatic hydroxyl groups is 5. The van der Waals surface area contributed by atoms with Crippen molar-refractivity contribution in [2.24, 2.45) is 5.92 Å². The molecule has 0 aromatic heterocycles. The van der Waals surface area contributed by atoms with Gasteiger partial charge in [-0.3, -0.25) is 4.79 Å². The zero-order chi connectivity index (χ0) is 26.9. The van der Waals surface area contributed by atoms with Crippen molar-refractivity contribution in [2.45, 2.75) is 75.6 Å². The normalized spacial score (nSPS) is 26.6. The number of ether oxygens (including phenoxy) is 3. The number of methoxy groups -OCH3 is 1. The number of aliphatic hydroxyl groups excluding tert-OH is 5. The number of benzene rings is 1. The summed E-state index contributed by atoms with van der Waals surface area (Å²) in [7, 11) is 1.23. The standard InChI is InChI=1S/C24H38N2O10/c1-14(2)9-16(25-23(33)35-12-15-7-5-4-6-8-15)22(32)26-19-17(29)10-24(13-28,34-3)36-21(19)20(31)18(30)11-27/h4-8,14,16-21,27-31H,9-13H2,1-3H3,(H,25,33)(H,26,32)/t16-,17-,18+,19+,20+,21+,24-/m0/s1. The van der Waals surface area contributed by atoms with Crippen LogP contribution in [0.3, 0.4) is 0 Å². The Balaban J connectivity index is 2.16. The predicted molar refractivity (Wildman–Crippen MR) is 126 cm³/mol. The van der Waals surface area contributed by atoms with Crippen molar-refractivity contribution in [2.75, 3.05) is 20.3 Å². The van der Waals surface area contributed by atoms with Crippen LogP contribution in [0.2, 0.25) is 0 Å². The van der Waals surface area contributed by atoms with E-state index in [2.05, 4.69) is 10.6 Å². The van der Waals surface area contributed by atoms with Crippen molar-refractivity contribution in [3.63, 3.8) is 0 Å². The van der Waals surface area contributed by atoms with Crippen LogP contribution < -0.4 is 10.6 Å². The number of rotatable bonds is 12. The van der Waals surface area contributed by atoms with Crippen LogP contribution in [0.25, 0.3) is 0 Å². The van der Waals surface area contributed by atoms with E-state index in [1.165, 1.54) is 7.11 Å². The molecule has 0 unspecified atom stereocenters. The molecule has 7 N–H and O–H groups in total. The van der Waals surface area contributed by atoms with Crippen molar-refractivity contribution in [1.82, 2.24) is 10.6 Å². The maximum Gasteiger partial charge on any atom is 0.408 e. The van der Waals surface area contributed by atoms with E-state index >= 15 is 0 Å². The number of carbonyl (C=O) groups excluding carboxylic acids is 2. The Hall–Kier alpha value is -2.32. The number of hydrogen-bond acceptors (Lipinski definition) is 10. The van der Waals surface area contributed by atoms with E-state index in [9.17, 15) is 35.1 Å². The Morgan fingerprint density at radius 1 is 1.19 bits per heavy atom. The minimum Gasteiger partial charge on any atom is -0.445 e. The Kier molecular flexibility index (Phi) is 11.5. The average molecular weight is 515 g/mol. The van der Waals surface area contributed by atoms with E-state index in [0.717, 1.165) is 5.56 Å². The molecule has 2 amide bonds. The second-order valence-corrected chi connectivity index (χ2v) is 9.29. The van der Waals surface area contributed by atoms with Crippen LogP contribution in [-0.4, -0.2) is 100 Å². The molecule has 0 bridgehead atoms. The van der Waals surface area contributed by atoms with Crippen molar-refractivity contribution in [3.8, 4) is 0 Å². The monoisotopic (exact) mass is 514 g/mol. The first-order chi connectivity index (χ1) is 17.1. The highest BCUT2D eigenvalue weighted by Gasteiger charge is 2.51. The van der Waals surface area contributed by atoms with Gasteiger partial charge in [0, 0.05) is 13.5 Å². The van der Waals surface area contributed by atoms with Crippen LogP contribution in [0, 0.1) is 5.92 Å². The molecule has 1 heterocycles. The third kappa shape index (κ3) is 8.10. The van der Waals surface area contributed by atoms with Gasteiger partial charge < -0.3 is 50.4 Å². The van der Waals surface area contributed by atoms with E-state index in [1.807, 2.05) is 19.9 Å². The van der Waals surface area contributed by atoms with Gasteiger partial charge in [0.15, 0.2) is 5.79 Å². The zero-order valence-corrected chi connectivity index (χ0v) is 20.7. The van der Waals surface area contributed by atoms with Gasteiger partial charge in [0.2, 0.25) is 5.91 Å². The zero-order valence-electron chi connectivity index (χ0n) is 20.7. The van der Waals surface area contributed by atoms with Gasteiger partial charge in [-0.1, -0.05) is 44.2 Å². The summed E-state index contributed by atoms with van der Waals surface area (Å²) in [6.07, 6.45) is -7.08. The fourth-order valence-corrected chi connectivity index (χ4v) is 3.99. The molecule has 0 saturated carbocycles. The molecule has 12 nitrogen and oxygen atoms in total. The maximum atomic E-state index is 13.2. The van der Waals surface area contributed by atoms with Crippen LogP contribution in [0.1, 0.15) is 32.3 Å². The lowest BCUT2D eigenvalue weighted by Crippen LogP contribution is -2.68.